The number of hydrogen-bond donors (Lipinski definition) is 2. The van der Waals surface area contributed by atoms with Crippen molar-refractivity contribution in [1.82, 2.24) is 5.32 Å². The first-order chi connectivity index (χ1) is 9.72. The molecule has 20 heavy (non-hydrogen) atoms. The summed E-state index contributed by atoms with van der Waals surface area (Å²) in [5.74, 6) is 0.557. The molecule has 0 bridgehead atoms. The molecular weight excluding hydrogens is 254 g/mol. The minimum Gasteiger partial charge on any atom is -0.495 e. The normalized spacial score (nSPS) is 14.6. The minimum atomic E-state index is -0.0108. The molecule has 1 saturated carbocycles. The van der Waals surface area contributed by atoms with Crippen molar-refractivity contribution >= 4 is 11.6 Å². The fourth-order valence-electron chi connectivity index (χ4n) is 2.43. The van der Waals surface area contributed by atoms with E-state index in [1.807, 2.05) is 0 Å². The van der Waals surface area contributed by atoms with Crippen LogP contribution < -0.4 is 15.4 Å². The van der Waals surface area contributed by atoms with Crippen LogP contribution >= 0.6 is 0 Å². The van der Waals surface area contributed by atoms with E-state index in [0.717, 1.165) is 12.8 Å². The average molecular weight is 273 g/mol. The van der Waals surface area contributed by atoms with Crippen molar-refractivity contribution in [2.75, 3.05) is 19.0 Å². The second-order valence-electron chi connectivity index (χ2n) is 4.93. The Hall–Kier alpha value is -2.22. The second kappa shape index (κ2) is 6.80. The number of amides is 1. The molecule has 0 saturated heterocycles. The molecule has 0 aromatic heterocycles. The highest BCUT2D eigenvalue weighted by Gasteiger charge is 2.17. The van der Waals surface area contributed by atoms with Crippen molar-refractivity contribution in [2.24, 2.45) is 0 Å². The summed E-state index contributed by atoms with van der Waals surface area (Å²) in [6.45, 7) is 0.207. The number of anilines is 1. The Morgan fingerprint density at radius 3 is 2.85 bits per heavy atom. The molecule has 1 aromatic carbocycles. The summed E-state index contributed by atoms with van der Waals surface area (Å²) in [4.78, 5) is 11.8. The average Bonchev–Trinajstić information content (AvgIpc) is 2.97. The molecule has 106 valence electrons. The van der Waals surface area contributed by atoms with Crippen LogP contribution in [0.2, 0.25) is 0 Å². The summed E-state index contributed by atoms with van der Waals surface area (Å²) in [5, 5.41) is 14.9. The number of nitriles is 1. The van der Waals surface area contributed by atoms with Crippen molar-refractivity contribution in [2.45, 2.75) is 31.7 Å². The van der Waals surface area contributed by atoms with E-state index < -0.39 is 0 Å². The third-order valence-corrected chi connectivity index (χ3v) is 3.49. The Morgan fingerprint density at radius 1 is 1.45 bits per heavy atom. The van der Waals surface area contributed by atoms with Gasteiger partial charge in [0.1, 0.15) is 5.75 Å². The molecule has 0 aliphatic heterocycles. The zero-order valence-corrected chi connectivity index (χ0v) is 11.6. The van der Waals surface area contributed by atoms with Crippen LogP contribution in [0.25, 0.3) is 0 Å². The monoisotopic (exact) mass is 273 g/mol. The van der Waals surface area contributed by atoms with Gasteiger partial charge < -0.3 is 15.4 Å². The van der Waals surface area contributed by atoms with E-state index in [-0.39, 0.29) is 12.5 Å². The molecule has 1 amide bonds. The number of carbonyl (C=O) groups excluding carboxylic acids is 1. The first-order valence-electron chi connectivity index (χ1n) is 6.84. The first-order valence-corrected chi connectivity index (χ1v) is 6.84. The topological polar surface area (TPSA) is 74.1 Å². The smallest absolute Gasteiger partial charge is 0.239 e. The van der Waals surface area contributed by atoms with Gasteiger partial charge in [-0.2, -0.15) is 5.26 Å². The van der Waals surface area contributed by atoms with Gasteiger partial charge in [-0.05, 0) is 25.0 Å². The third kappa shape index (κ3) is 3.64. The predicted molar refractivity (Wildman–Crippen MR) is 76.6 cm³/mol. The van der Waals surface area contributed by atoms with Gasteiger partial charge in [0.05, 0.1) is 31.0 Å². The van der Waals surface area contributed by atoms with Gasteiger partial charge in [0, 0.05) is 12.1 Å². The zero-order chi connectivity index (χ0) is 14.4. The molecular formula is C15H19N3O2. The Kier molecular flexibility index (Phi) is 4.83. The van der Waals surface area contributed by atoms with Crippen LogP contribution in [0.4, 0.5) is 5.69 Å². The highest BCUT2D eigenvalue weighted by atomic mass is 16.5. The van der Waals surface area contributed by atoms with E-state index in [4.69, 9.17) is 10.00 Å². The number of methoxy groups -OCH3 is 1. The predicted octanol–water partition coefficient (Wildman–Crippen LogP) is 2.04. The summed E-state index contributed by atoms with van der Waals surface area (Å²) in [7, 11) is 1.54. The standard InChI is InChI=1S/C15H19N3O2/c1-20-14-8-11(9-16)6-7-13(14)17-10-15(19)18-12-4-2-3-5-12/h6-8,12,17H,2-5,10H2,1H3,(H,18,19). The molecule has 1 aliphatic rings. The van der Waals surface area contributed by atoms with Crippen molar-refractivity contribution in [3.8, 4) is 11.8 Å². The van der Waals surface area contributed by atoms with Gasteiger partial charge in [-0.25, -0.2) is 0 Å². The number of carbonyl (C=O) groups is 1. The Balaban J connectivity index is 1.89. The van der Waals surface area contributed by atoms with E-state index in [9.17, 15) is 4.79 Å². The van der Waals surface area contributed by atoms with Crippen LogP contribution in [-0.4, -0.2) is 25.6 Å². The second-order valence-corrected chi connectivity index (χ2v) is 4.93. The lowest BCUT2D eigenvalue weighted by Gasteiger charge is -2.14. The van der Waals surface area contributed by atoms with Crippen molar-refractivity contribution < 1.29 is 9.53 Å². The lowest BCUT2D eigenvalue weighted by Crippen LogP contribution is -2.36. The molecule has 1 fully saturated rings. The van der Waals surface area contributed by atoms with Gasteiger partial charge in [-0.15, -0.1) is 0 Å². The van der Waals surface area contributed by atoms with Gasteiger partial charge in [0.15, 0.2) is 0 Å². The summed E-state index contributed by atoms with van der Waals surface area (Å²) in [6, 6.07) is 7.48. The number of nitrogens with one attached hydrogen (secondary N) is 2. The number of nitrogens with zero attached hydrogens (tertiary/aromatic N) is 1. The van der Waals surface area contributed by atoms with Crippen molar-refractivity contribution in [3.05, 3.63) is 23.8 Å². The molecule has 5 nitrogen and oxygen atoms in total. The minimum absolute atomic E-state index is 0.0108. The first kappa shape index (κ1) is 14.2. The fraction of sp³-hybridized carbons (Fsp3) is 0.467. The van der Waals surface area contributed by atoms with E-state index in [0.29, 0.717) is 23.0 Å². The van der Waals surface area contributed by atoms with Crippen molar-refractivity contribution in [1.29, 1.82) is 5.26 Å². The lowest BCUT2D eigenvalue weighted by atomic mass is 10.2. The Labute approximate surface area is 118 Å². The van der Waals surface area contributed by atoms with Crippen LogP contribution in [0.1, 0.15) is 31.2 Å². The SMILES string of the molecule is COc1cc(C#N)ccc1NCC(=O)NC1CCCC1. The zero-order valence-electron chi connectivity index (χ0n) is 11.6. The largest absolute Gasteiger partial charge is 0.495 e. The van der Waals surface area contributed by atoms with Crippen molar-refractivity contribution in [3.63, 3.8) is 0 Å². The fourth-order valence-corrected chi connectivity index (χ4v) is 2.43. The summed E-state index contributed by atoms with van der Waals surface area (Å²) >= 11 is 0. The molecule has 0 radical (unpaired) electrons. The molecule has 1 aliphatic carbocycles. The third-order valence-electron chi connectivity index (χ3n) is 3.49. The summed E-state index contributed by atoms with van der Waals surface area (Å²) < 4.78 is 5.21. The Bertz CT molecular complexity index is 516. The van der Waals surface area contributed by atoms with Gasteiger partial charge in [0.2, 0.25) is 5.91 Å². The Morgan fingerprint density at radius 2 is 2.20 bits per heavy atom. The molecule has 1 aromatic rings. The maximum Gasteiger partial charge on any atom is 0.239 e. The molecule has 0 atom stereocenters. The highest BCUT2D eigenvalue weighted by molar-refractivity contribution is 5.81. The van der Waals surface area contributed by atoms with Crippen LogP contribution in [0.3, 0.4) is 0 Å². The highest BCUT2D eigenvalue weighted by Crippen LogP contribution is 2.25. The summed E-state index contributed by atoms with van der Waals surface area (Å²) in [5.41, 5.74) is 1.25. The molecule has 2 N–H and O–H groups in total. The van der Waals surface area contributed by atoms with Gasteiger partial charge in [-0.3, -0.25) is 4.79 Å². The molecule has 2 rings (SSSR count). The number of ether oxygens (including phenoxy) is 1. The number of benzene rings is 1. The van der Waals surface area contributed by atoms with Crippen LogP contribution in [0.15, 0.2) is 18.2 Å². The maximum atomic E-state index is 11.8. The van der Waals surface area contributed by atoms with E-state index in [2.05, 4.69) is 16.7 Å². The van der Waals surface area contributed by atoms with Gasteiger partial charge in [-0.1, -0.05) is 12.8 Å². The van der Waals surface area contributed by atoms with E-state index >= 15 is 0 Å². The maximum absolute atomic E-state index is 11.8. The lowest BCUT2D eigenvalue weighted by molar-refractivity contribution is -0.120. The molecule has 0 unspecified atom stereocenters. The van der Waals surface area contributed by atoms with Gasteiger partial charge in [0.25, 0.3) is 0 Å². The van der Waals surface area contributed by atoms with E-state index in [1.165, 1.54) is 12.8 Å². The summed E-state index contributed by atoms with van der Waals surface area (Å²) in [6.07, 6.45) is 4.54. The number of hydrogen-bond acceptors (Lipinski definition) is 4. The molecule has 0 spiro atoms. The van der Waals surface area contributed by atoms with Gasteiger partial charge >= 0.3 is 0 Å². The van der Waals surface area contributed by atoms with E-state index in [1.54, 1.807) is 25.3 Å². The van der Waals surface area contributed by atoms with Crippen LogP contribution in [-0.2, 0) is 4.79 Å². The van der Waals surface area contributed by atoms with Crippen LogP contribution in [0.5, 0.6) is 5.75 Å². The molecule has 5 heteroatoms. The number of rotatable bonds is 5. The van der Waals surface area contributed by atoms with Crippen LogP contribution in [0, 0.1) is 11.3 Å². The molecule has 0 heterocycles. The quantitative estimate of drug-likeness (QED) is 0.861.